The van der Waals surface area contributed by atoms with Crippen LogP contribution in [0.3, 0.4) is 0 Å². The second-order valence-corrected chi connectivity index (χ2v) is 7.64. The van der Waals surface area contributed by atoms with Crippen molar-refractivity contribution in [1.82, 2.24) is 4.90 Å². The Morgan fingerprint density at radius 2 is 2.17 bits per heavy atom. The van der Waals surface area contributed by atoms with Crippen molar-refractivity contribution in [3.8, 4) is 0 Å². The highest BCUT2D eigenvalue weighted by Gasteiger charge is 2.33. The van der Waals surface area contributed by atoms with E-state index in [-0.39, 0.29) is 22.4 Å². The third-order valence-electron chi connectivity index (χ3n) is 4.25. The average molecular weight is 356 g/mol. The summed E-state index contributed by atoms with van der Waals surface area (Å²) in [6, 6.07) is 4.23. The van der Waals surface area contributed by atoms with Crippen molar-refractivity contribution >= 4 is 21.4 Å². The number of nitro groups is 1. The average Bonchev–Trinajstić information content (AvgIpc) is 3.37. The van der Waals surface area contributed by atoms with Crippen LogP contribution in [0.5, 0.6) is 0 Å². The Balaban J connectivity index is 1.69. The molecule has 0 unspecified atom stereocenters. The predicted octanol–water partition coefficient (Wildman–Crippen LogP) is 0.517. The molecule has 1 aliphatic carbocycles. The topological polar surface area (TPSA) is 128 Å². The number of hydrogen-bond donors (Lipinski definition) is 2. The van der Waals surface area contributed by atoms with Gasteiger partial charge in [-0.05, 0) is 25.0 Å². The number of hydrogen-bond acceptors (Lipinski definition) is 7. The molecule has 132 valence electrons. The Bertz CT molecular complexity index is 735. The molecule has 0 spiro atoms. The van der Waals surface area contributed by atoms with Crippen LogP contribution < -0.4 is 10.5 Å². The number of sulfonamides is 1. The maximum absolute atomic E-state index is 11.3. The van der Waals surface area contributed by atoms with Crippen LogP contribution >= 0.6 is 0 Å². The fourth-order valence-corrected chi connectivity index (χ4v) is 3.38. The van der Waals surface area contributed by atoms with Crippen LogP contribution in [0.1, 0.15) is 12.8 Å². The molecule has 2 fully saturated rings. The minimum Gasteiger partial charge on any atom is -0.377 e. The summed E-state index contributed by atoms with van der Waals surface area (Å²) in [5.41, 5.74) is -0.0732. The van der Waals surface area contributed by atoms with Crippen molar-refractivity contribution in [1.29, 1.82) is 0 Å². The van der Waals surface area contributed by atoms with Crippen molar-refractivity contribution < 1.29 is 18.1 Å². The molecule has 1 heterocycles. The minimum absolute atomic E-state index is 0.0585. The molecule has 1 aromatic carbocycles. The second-order valence-electron chi connectivity index (χ2n) is 6.08. The summed E-state index contributed by atoms with van der Waals surface area (Å²) in [7, 11) is -3.98. The SMILES string of the molecule is NS(=O)(=O)c1ccc(NC[C@H]2CN(C3CC3)CCO2)c([N+](=O)[O-])c1. The van der Waals surface area contributed by atoms with Crippen molar-refractivity contribution in [2.75, 3.05) is 31.6 Å². The largest absolute Gasteiger partial charge is 0.377 e. The van der Waals surface area contributed by atoms with E-state index in [1.807, 2.05) is 0 Å². The van der Waals surface area contributed by atoms with Gasteiger partial charge in [0, 0.05) is 31.7 Å². The lowest BCUT2D eigenvalue weighted by atomic mass is 10.2. The molecule has 1 saturated carbocycles. The Morgan fingerprint density at radius 3 is 2.79 bits per heavy atom. The number of rotatable bonds is 6. The number of benzene rings is 1. The van der Waals surface area contributed by atoms with Gasteiger partial charge in [0.2, 0.25) is 10.0 Å². The fraction of sp³-hybridized carbons (Fsp3) is 0.571. The Morgan fingerprint density at radius 1 is 1.42 bits per heavy atom. The van der Waals surface area contributed by atoms with E-state index < -0.39 is 14.9 Å². The van der Waals surface area contributed by atoms with E-state index in [0.717, 1.165) is 19.2 Å². The summed E-state index contributed by atoms with van der Waals surface area (Å²) in [6.45, 7) is 2.78. The van der Waals surface area contributed by atoms with Gasteiger partial charge in [-0.2, -0.15) is 0 Å². The molecular formula is C14H20N4O5S. The molecule has 0 amide bonds. The molecule has 10 heteroatoms. The molecular weight excluding hydrogens is 336 g/mol. The second kappa shape index (κ2) is 6.63. The van der Waals surface area contributed by atoms with Gasteiger partial charge in [0.15, 0.2) is 0 Å². The van der Waals surface area contributed by atoms with Crippen LogP contribution in [0, 0.1) is 10.1 Å². The van der Waals surface area contributed by atoms with E-state index >= 15 is 0 Å². The number of nitrogens with two attached hydrogens (primary N) is 1. The van der Waals surface area contributed by atoms with E-state index in [0.29, 0.717) is 19.2 Å². The number of anilines is 1. The molecule has 1 saturated heterocycles. The zero-order chi connectivity index (χ0) is 17.3. The van der Waals surface area contributed by atoms with Gasteiger partial charge in [-0.3, -0.25) is 15.0 Å². The lowest BCUT2D eigenvalue weighted by Crippen LogP contribution is -2.46. The first kappa shape index (κ1) is 17.1. The zero-order valence-electron chi connectivity index (χ0n) is 13.1. The van der Waals surface area contributed by atoms with E-state index in [1.165, 1.54) is 25.0 Å². The van der Waals surface area contributed by atoms with Gasteiger partial charge in [0.1, 0.15) is 5.69 Å². The summed E-state index contributed by atoms with van der Waals surface area (Å²) in [5.74, 6) is 0. The smallest absolute Gasteiger partial charge is 0.293 e. The molecule has 24 heavy (non-hydrogen) atoms. The van der Waals surface area contributed by atoms with Crippen LogP contribution in [0.2, 0.25) is 0 Å². The number of primary sulfonamides is 1. The summed E-state index contributed by atoms with van der Waals surface area (Å²) < 4.78 is 28.4. The lowest BCUT2D eigenvalue weighted by Gasteiger charge is -2.33. The third-order valence-corrected chi connectivity index (χ3v) is 5.16. The highest BCUT2D eigenvalue weighted by Crippen LogP contribution is 2.29. The van der Waals surface area contributed by atoms with Gasteiger partial charge >= 0.3 is 0 Å². The maximum Gasteiger partial charge on any atom is 0.293 e. The zero-order valence-corrected chi connectivity index (χ0v) is 13.9. The van der Waals surface area contributed by atoms with Crippen LogP contribution in [-0.4, -0.2) is 56.6 Å². The molecule has 1 aromatic rings. The van der Waals surface area contributed by atoms with Crippen LogP contribution in [0.25, 0.3) is 0 Å². The van der Waals surface area contributed by atoms with Crippen LogP contribution in [0.4, 0.5) is 11.4 Å². The monoisotopic (exact) mass is 356 g/mol. The van der Waals surface area contributed by atoms with Crippen LogP contribution in [-0.2, 0) is 14.8 Å². The predicted molar refractivity (Wildman–Crippen MR) is 87.3 cm³/mol. The summed E-state index contributed by atoms with van der Waals surface area (Å²) in [6.07, 6.45) is 2.39. The standard InChI is InChI=1S/C14H20N4O5S/c15-24(21,22)12-3-4-13(14(7-12)18(19)20)16-8-11-9-17(5-6-23-11)10-1-2-10/h3-4,7,10-11,16H,1-2,5-6,8-9H2,(H2,15,21,22)/t11-/m0/s1. The van der Waals surface area contributed by atoms with E-state index in [4.69, 9.17) is 9.88 Å². The van der Waals surface area contributed by atoms with Gasteiger partial charge in [-0.1, -0.05) is 0 Å². The highest BCUT2D eigenvalue weighted by molar-refractivity contribution is 7.89. The summed E-state index contributed by atoms with van der Waals surface area (Å²) in [4.78, 5) is 12.7. The number of ether oxygens (including phenoxy) is 1. The van der Waals surface area contributed by atoms with E-state index in [2.05, 4.69) is 10.2 Å². The number of nitro benzene ring substituents is 1. The van der Waals surface area contributed by atoms with Crippen molar-refractivity contribution in [3.63, 3.8) is 0 Å². The summed E-state index contributed by atoms with van der Waals surface area (Å²) in [5, 5.41) is 19.2. The molecule has 2 aliphatic rings. The van der Waals surface area contributed by atoms with Gasteiger partial charge in [-0.15, -0.1) is 0 Å². The first-order valence-corrected chi connectivity index (χ1v) is 9.30. The molecule has 0 bridgehead atoms. The maximum atomic E-state index is 11.3. The van der Waals surface area contributed by atoms with Crippen molar-refractivity contribution in [2.45, 2.75) is 29.9 Å². The quantitative estimate of drug-likeness (QED) is 0.561. The Labute approximate surface area is 140 Å². The normalized spacial score (nSPS) is 22.3. The number of morpholine rings is 1. The van der Waals surface area contributed by atoms with Crippen molar-refractivity contribution in [2.24, 2.45) is 5.14 Å². The minimum atomic E-state index is -3.98. The van der Waals surface area contributed by atoms with E-state index in [1.54, 1.807) is 0 Å². The Hall–Kier alpha value is -1.75. The number of nitrogens with one attached hydrogen (secondary N) is 1. The molecule has 3 N–H and O–H groups in total. The fourth-order valence-electron chi connectivity index (χ4n) is 2.85. The lowest BCUT2D eigenvalue weighted by molar-refractivity contribution is -0.384. The molecule has 3 rings (SSSR count). The van der Waals surface area contributed by atoms with E-state index in [9.17, 15) is 18.5 Å². The Kier molecular flexibility index (Phi) is 4.72. The third kappa shape index (κ3) is 4.01. The van der Waals surface area contributed by atoms with Crippen LogP contribution in [0.15, 0.2) is 23.1 Å². The molecule has 0 radical (unpaired) electrons. The first-order valence-electron chi connectivity index (χ1n) is 7.75. The van der Waals surface area contributed by atoms with Gasteiger partial charge in [-0.25, -0.2) is 13.6 Å². The van der Waals surface area contributed by atoms with Gasteiger partial charge in [0.25, 0.3) is 5.69 Å². The first-order chi connectivity index (χ1) is 11.3. The number of nitrogens with zero attached hydrogens (tertiary/aromatic N) is 2. The molecule has 1 atom stereocenters. The summed E-state index contributed by atoms with van der Waals surface area (Å²) >= 11 is 0. The molecule has 1 aliphatic heterocycles. The van der Waals surface area contributed by atoms with Gasteiger partial charge < -0.3 is 10.1 Å². The molecule has 0 aromatic heterocycles. The highest BCUT2D eigenvalue weighted by atomic mass is 32.2. The van der Waals surface area contributed by atoms with Crippen molar-refractivity contribution in [3.05, 3.63) is 28.3 Å². The van der Waals surface area contributed by atoms with Gasteiger partial charge in [0.05, 0.1) is 22.5 Å². The molecule has 9 nitrogen and oxygen atoms in total.